The Kier molecular flexibility index (Phi) is 8.46. The van der Waals surface area contributed by atoms with E-state index in [1.165, 1.54) is 5.56 Å². The summed E-state index contributed by atoms with van der Waals surface area (Å²) in [5, 5.41) is 2.90. The third-order valence-electron chi connectivity index (χ3n) is 2.57. The number of nitrogens with two attached hydrogens (primary N) is 1. The number of halogens is 1. The summed E-state index contributed by atoms with van der Waals surface area (Å²) in [7, 11) is 0. The second-order valence-electron chi connectivity index (χ2n) is 3.95. The molecule has 0 radical (unpaired) electrons. The van der Waals surface area contributed by atoms with Crippen LogP contribution in [0.2, 0.25) is 0 Å². The normalized spacial score (nSPS) is 9.53. The summed E-state index contributed by atoms with van der Waals surface area (Å²) < 4.78 is 0. The van der Waals surface area contributed by atoms with Crippen LogP contribution >= 0.6 is 12.4 Å². The molecule has 1 rings (SSSR count). The second kappa shape index (κ2) is 9.02. The molecule has 0 unspecified atom stereocenters. The molecule has 0 aliphatic heterocycles. The van der Waals surface area contributed by atoms with Crippen molar-refractivity contribution in [2.45, 2.75) is 26.2 Å². The highest BCUT2D eigenvalue weighted by Gasteiger charge is 2.04. The molecule has 0 spiro atoms. The van der Waals surface area contributed by atoms with Crippen molar-refractivity contribution in [3.63, 3.8) is 0 Å². The van der Waals surface area contributed by atoms with Crippen LogP contribution in [0.1, 0.15) is 24.0 Å². The molecule has 0 aliphatic rings. The van der Waals surface area contributed by atoms with E-state index in [-0.39, 0.29) is 18.3 Å². The summed E-state index contributed by atoms with van der Waals surface area (Å²) in [4.78, 5) is 11.6. The monoisotopic (exact) mass is 256 g/mol. The van der Waals surface area contributed by atoms with E-state index in [0.29, 0.717) is 13.0 Å². The lowest BCUT2D eigenvalue weighted by molar-refractivity contribution is -0.120. The Bertz CT molecular complexity index is 342. The Morgan fingerprint density at radius 1 is 1.29 bits per heavy atom. The molecular formula is C13H21ClN2O. The predicted molar refractivity (Wildman–Crippen MR) is 73.4 cm³/mol. The molecule has 0 heterocycles. The number of carbonyl (C=O) groups excluding carboxylic acids is 1. The Hall–Kier alpha value is -1.06. The number of hydrogen-bond donors (Lipinski definition) is 2. The van der Waals surface area contributed by atoms with E-state index in [4.69, 9.17) is 5.73 Å². The predicted octanol–water partition coefficient (Wildman–Crippen LogP) is 1.81. The highest BCUT2D eigenvalue weighted by Crippen LogP contribution is 2.07. The summed E-state index contributed by atoms with van der Waals surface area (Å²) in [5.74, 6) is 0.0892. The number of amides is 1. The van der Waals surface area contributed by atoms with Crippen molar-refractivity contribution >= 4 is 18.3 Å². The number of rotatable bonds is 6. The molecule has 3 nitrogen and oxygen atoms in total. The summed E-state index contributed by atoms with van der Waals surface area (Å²) in [6.45, 7) is 3.44. The fourth-order valence-corrected chi connectivity index (χ4v) is 1.54. The first-order valence-electron chi connectivity index (χ1n) is 5.75. The van der Waals surface area contributed by atoms with Gasteiger partial charge in [0, 0.05) is 6.54 Å². The number of unbranched alkanes of at least 4 members (excludes halogenated alkanes) is 1. The molecule has 0 saturated carbocycles. The molecule has 1 aromatic rings. The van der Waals surface area contributed by atoms with Gasteiger partial charge in [0.15, 0.2) is 0 Å². The van der Waals surface area contributed by atoms with Crippen LogP contribution in [0.25, 0.3) is 0 Å². The molecule has 0 aromatic heterocycles. The molecule has 17 heavy (non-hydrogen) atoms. The van der Waals surface area contributed by atoms with Gasteiger partial charge in [-0.05, 0) is 37.4 Å². The van der Waals surface area contributed by atoms with Gasteiger partial charge in [-0.2, -0.15) is 0 Å². The summed E-state index contributed by atoms with van der Waals surface area (Å²) in [5.41, 5.74) is 7.64. The Morgan fingerprint density at radius 2 is 2.00 bits per heavy atom. The van der Waals surface area contributed by atoms with Gasteiger partial charge in [-0.25, -0.2) is 0 Å². The zero-order valence-electron chi connectivity index (χ0n) is 10.2. The topological polar surface area (TPSA) is 55.1 Å². The van der Waals surface area contributed by atoms with E-state index in [0.717, 1.165) is 24.9 Å². The van der Waals surface area contributed by atoms with E-state index >= 15 is 0 Å². The van der Waals surface area contributed by atoms with Gasteiger partial charge in [0.25, 0.3) is 0 Å². The molecule has 0 aliphatic carbocycles. The van der Waals surface area contributed by atoms with Gasteiger partial charge in [0.1, 0.15) is 0 Å². The van der Waals surface area contributed by atoms with Gasteiger partial charge in [-0.3, -0.25) is 4.79 Å². The van der Waals surface area contributed by atoms with Crippen LogP contribution < -0.4 is 11.1 Å². The molecule has 1 amide bonds. The lowest BCUT2D eigenvalue weighted by Crippen LogP contribution is -2.26. The van der Waals surface area contributed by atoms with E-state index in [1.807, 2.05) is 31.2 Å². The average Bonchev–Trinajstić information content (AvgIpc) is 2.28. The largest absolute Gasteiger partial charge is 0.356 e. The molecule has 0 fully saturated rings. The van der Waals surface area contributed by atoms with Gasteiger partial charge in [0.2, 0.25) is 5.91 Å². The standard InChI is InChI=1S/C13H20N2O.ClH/c1-11-6-2-3-7-12(11)10-13(16)15-9-5-4-8-14;/h2-3,6-7H,4-5,8-10,14H2,1H3,(H,15,16);1H. The highest BCUT2D eigenvalue weighted by molar-refractivity contribution is 5.85. The first-order valence-corrected chi connectivity index (χ1v) is 5.75. The molecule has 0 atom stereocenters. The molecule has 3 N–H and O–H groups in total. The van der Waals surface area contributed by atoms with Crippen molar-refractivity contribution in [2.75, 3.05) is 13.1 Å². The third-order valence-corrected chi connectivity index (χ3v) is 2.57. The lowest BCUT2D eigenvalue weighted by atomic mass is 10.1. The van der Waals surface area contributed by atoms with Gasteiger partial charge in [0.05, 0.1) is 6.42 Å². The van der Waals surface area contributed by atoms with E-state index in [9.17, 15) is 4.79 Å². The average molecular weight is 257 g/mol. The van der Waals surface area contributed by atoms with Crippen LogP contribution in [-0.4, -0.2) is 19.0 Å². The van der Waals surface area contributed by atoms with Crippen LogP contribution in [0, 0.1) is 6.92 Å². The van der Waals surface area contributed by atoms with Crippen LogP contribution in [0.15, 0.2) is 24.3 Å². The van der Waals surface area contributed by atoms with Crippen LogP contribution in [0.4, 0.5) is 0 Å². The van der Waals surface area contributed by atoms with Crippen molar-refractivity contribution in [1.29, 1.82) is 0 Å². The summed E-state index contributed by atoms with van der Waals surface area (Å²) >= 11 is 0. The maximum atomic E-state index is 11.6. The van der Waals surface area contributed by atoms with Gasteiger partial charge in [-0.1, -0.05) is 24.3 Å². The number of nitrogens with one attached hydrogen (secondary N) is 1. The molecular weight excluding hydrogens is 236 g/mol. The van der Waals surface area contributed by atoms with Gasteiger partial charge < -0.3 is 11.1 Å². The minimum atomic E-state index is 0. The third kappa shape index (κ3) is 6.29. The Morgan fingerprint density at radius 3 is 2.65 bits per heavy atom. The number of carbonyl (C=O) groups is 1. The van der Waals surface area contributed by atoms with E-state index < -0.39 is 0 Å². The second-order valence-corrected chi connectivity index (χ2v) is 3.95. The van der Waals surface area contributed by atoms with Gasteiger partial charge in [-0.15, -0.1) is 12.4 Å². The first kappa shape index (κ1) is 15.9. The summed E-state index contributed by atoms with van der Waals surface area (Å²) in [6, 6.07) is 7.97. The van der Waals surface area contributed by atoms with E-state index in [1.54, 1.807) is 0 Å². The zero-order chi connectivity index (χ0) is 11.8. The minimum Gasteiger partial charge on any atom is -0.356 e. The Balaban J connectivity index is 0.00000256. The maximum Gasteiger partial charge on any atom is 0.224 e. The van der Waals surface area contributed by atoms with Crippen LogP contribution in [0.3, 0.4) is 0 Å². The highest BCUT2D eigenvalue weighted by atomic mass is 35.5. The van der Waals surface area contributed by atoms with Crippen LogP contribution in [-0.2, 0) is 11.2 Å². The lowest BCUT2D eigenvalue weighted by Gasteiger charge is -2.06. The smallest absolute Gasteiger partial charge is 0.224 e. The fraction of sp³-hybridized carbons (Fsp3) is 0.462. The molecule has 1 aromatic carbocycles. The number of aryl methyl sites for hydroxylation is 1. The molecule has 96 valence electrons. The van der Waals surface area contributed by atoms with Crippen molar-refractivity contribution in [3.05, 3.63) is 35.4 Å². The van der Waals surface area contributed by atoms with E-state index in [2.05, 4.69) is 5.32 Å². The SMILES string of the molecule is Cc1ccccc1CC(=O)NCCCCN.Cl. The molecule has 0 saturated heterocycles. The zero-order valence-corrected chi connectivity index (χ0v) is 11.1. The van der Waals surface area contributed by atoms with Crippen molar-refractivity contribution in [1.82, 2.24) is 5.32 Å². The number of hydrogen-bond acceptors (Lipinski definition) is 2. The Labute approximate surface area is 109 Å². The summed E-state index contributed by atoms with van der Waals surface area (Å²) in [6.07, 6.45) is 2.38. The van der Waals surface area contributed by atoms with Crippen molar-refractivity contribution in [2.24, 2.45) is 5.73 Å². The minimum absolute atomic E-state index is 0. The van der Waals surface area contributed by atoms with Crippen molar-refractivity contribution < 1.29 is 4.79 Å². The number of benzene rings is 1. The fourth-order valence-electron chi connectivity index (χ4n) is 1.54. The molecule has 4 heteroatoms. The van der Waals surface area contributed by atoms with Gasteiger partial charge >= 0.3 is 0 Å². The van der Waals surface area contributed by atoms with Crippen LogP contribution in [0.5, 0.6) is 0 Å². The first-order chi connectivity index (χ1) is 7.74. The maximum absolute atomic E-state index is 11.6. The molecule has 0 bridgehead atoms. The quantitative estimate of drug-likeness (QED) is 0.763. The van der Waals surface area contributed by atoms with Crippen molar-refractivity contribution in [3.8, 4) is 0 Å².